The third kappa shape index (κ3) is 3.19. The van der Waals surface area contributed by atoms with Crippen molar-refractivity contribution in [1.29, 1.82) is 0 Å². The number of anilines is 1. The van der Waals surface area contributed by atoms with E-state index in [1.54, 1.807) is 29.2 Å². The lowest BCUT2D eigenvalue weighted by atomic mass is 10.1. The van der Waals surface area contributed by atoms with Crippen LogP contribution in [0.3, 0.4) is 0 Å². The minimum atomic E-state index is -0.783. The van der Waals surface area contributed by atoms with Crippen LogP contribution in [0.25, 0.3) is 0 Å². The van der Waals surface area contributed by atoms with Crippen molar-refractivity contribution in [1.82, 2.24) is 15.1 Å². The highest BCUT2D eigenvalue weighted by Crippen LogP contribution is 2.20. The molecule has 3 rings (SSSR count). The van der Waals surface area contributed by atoms with Gasteiger partial charge in [0.2, 0.25) is 5.91 Å². The first-order valence-electron chi connectivity index (χ1n) is 7.72. The van der Waals surface area contributed by atoms with Crippen molar-refractivity contribution in [2.75, 3.05) is 38.1 Å². The van der Waals surface area contributed by atoms with E-state index in [-0.39, 0.29) is 18.2 Å². The predicted molar refractivity (Wildman–Crippen MR) is 84.9 cm³/mol. The summed E-state index contributed by atoms with van der Waals surface area (Å²) in [4.78, 5) is 41.9. The Labute approximate surface area is 134 Å². The van der Waals surface area contributed by atoms with Crippen molar-refractivity contribution in [2.45, 2.75) is 12.5 Å². The van der Waals surface area contributed by atoms with Gasteiger partial charge in [0.25, 0.3) is 5.91 Å². The van der Waals surface area contributed by atoms with Crippen LogP contribution in [0.1, 0.15) is 6.42 Å². The van der Waals surface area contributed by atoms with Gasteiger partial charge >= 0.3 is 6.03 Å². The zero-order valence-electron chi connectivity index (χ0n) is 13.1. The maximum atomic E-state index is 12.5. The van der Waals surface area contributed by atoms with Gasteiger partial charge in [0.05, 0.1) is 12.1 Å². The zero-order valence-corrected chi connectivity index (χ0v) is 13.1. The maximum Gasteiger partial charge on any atom is 0.329 e. The third-order valence-electron chi connectivity index (χ3n) is 4.27. The highest BCUT2D eigenvalue weighted by molar-refractivity contribution is 6.22. The van der Waals surface area contributed by atoms with Crippen molar-refractivity contribution in [3.05, 3.63) is 30.3 Å². The van der Waals surface area contributed by atoms with Gasteiger partial charge < -0.3 is 15.1 Å². The molecular weight excluding hydrogens is 296 g/mol. The molecule has 0 unspecified atom stereocenters. The molecule has 0 spiro atoms. The molecule has 1 N–H and O–H groups in total. The standard InChI is InChI=1S/C16H20N4O3/c1-18-7-9-19(10-8-18)14(21)11-13-15(22)20(16(23)17-13)12-5-3-2-4-6-12/h2-6,13H,7-11H2,1H3,(H,17,23)/t13-/m1/s1. The molecule has 2 aliphatic rings. The van der Waals surface area contributed by atoms with Gasteiger partial charge in [0.1, 0.15) is 6.04 Å². The fourth-order valence-corrected chi connectivity index (χ4v) is 2.85. The Kier molecular flexibility index (Phi) is 4.29. The zero-order chi connectivity index (χ0) is 16.4. The highest BCUT2D eigenvalue weighted by atomic mass is 16.2. The number of carbonyl (C=O) groups excluding carboxylic acids is 3. The maximum absolute atomic E-state index is 12.5. The molecule has 7 heteroatoms. The largest absolute Gasteiger partial charge is 0.340 e. The quantitative estimate of drug-likeness (QED) is 0.813. The molecule has 2 fully saturated rings. The second-order valence-corrected chi connectivity index (χ2v) is 5.90. The minimum Gasteiger partial charge on any atom is -0.340 e. The number of rotatable bonds is 3. The molecule has 122 valence electrons. The van der Waals surface area contributed by atoms with Gasteiger partial charge in [-0.15, -0.1) is 0 Å². The molecule has 0 aliphatic carbocycles. The van der Waals surface area contributed by atoms with Gasteiger partial charge in [-0.1, -0.05) is 18.2 Å². The summed E-state index contributed by atoms with van der Waals surface area (Å²) in [5, 5.41) is 2.61. The molecule has 1 atom stereocenters. The molecule has 23 heavy (non-hydrogen) atoms. The first-order valence-corrected chi connectivity index (χ1v) is 7.72. The van der Waals surface area contributed by atoms with Crippen LogP contribution in [-0.2, 0) is 9.59 Å². The van der Waals surface area contributed by atoms with Gasteiger partial charge in [-0.3, -0.25) is 9.59 Å². The molecule has 1 aromatic rings. The average molecular weight is 316 g/mol. The van der Waals surface area contributed by atoms with Crippen molar-refractivity contribution in [3.8, 4) is 0 Å². The number of carbonyl (C=O) groups is 3. The molecule has 0 saturated carbocycles. The molecule has 0 aromatic heterocycles. The number of benzene rings is 1. The van der Waals surface area contributed by atoms with Gasteiger partial charge in [0, 0.05) is 26.2 Å². The molecular formula is C16H20N4O3. The Balaban J connectivity index is 1.64. The molecule has 2 saturated heterocycles. The number of urea groups is 1. The van der Waals surface area contributed by atoms with Gasteiger partial charge in [-0.05, 0) is 19.2 Å². The first kappa shape index (κ1) is 15.5. The molecule has 0 radical (unpaired) electrons. The SMILES string of the molecule is CN1CCN(C(=O)C[C@H]2NC(=O)N(c3ccccc3)C2=O)CC1. The Morgan fingerprint density at radius 3 is 2.43 bits per heavy atom. The molecule has 1 aromatic carbocycles. The number of amides is 4. The van der Waals surface area contributed by atoms with Crippen LogP contribution in [0.15, 0.2) is 30.3 Å². The number of hydrogen-bond donors (Lipinski definition) is 1. The van der Waals surface area contributed by atoms with Crippen molar-refractivity contribution in [2.24, 2.45) is 0 Å². The van der Waals surface area contributed by atoms with Crippen LogP contribution >= 0.6 is 0 Å². The third-order valence-corrected chi connectivity index (χ3v) is 4.27. The van der Waals surface area contributed by atoms with E-state index < -0.39 is 12.1 Å². The number of para-hydroxylation sites is 1. The molecule has 2 heterocycles. The normalized spacial score (nSPS) is 22.4. The minimum absolute atomic E-state index is 0.0115. The average Bonchev–Trinajstić information content (AvgIpc) is 2.82. The van der Waals surface area contributed by atoms with Gasteiger partial charge in [-0.2, -0.15) is 0 Å². The van der Waals surface area contributed by atoms with Crippen LogP contribution < -0.4 is 10.2 Å². The van der Waals surface area contributed by atoms with E-state index in [0.29, 0.717) is 18.8 Å². The fraction of sp³-hybridized carbons (Fsp3) is 0.438. The van der Waals surface area contributed by atoms with E-state index in [4.69, 9.17) is 0 Å². The summed E-state index contributed by atoms with van der Waals surface area (Å²) in [6.07, 6.45) is 0.0115. The van der Waals surface area contributed by atoms with Gasteiger partial charge in [0.15, 0.2) is 0 Å². The summed E-state index contributed by atoms with van der Waals surface area (Å²) in [5.41, 5.74) is 0.518. The van der Waals surface area contributed by atoms with E-state index in [1.165, 1.54) is 0 Å². The predicted octanol–water partition coefficient (Wildman–Crippen LogP) is 0.275. The second-order valence-electron chi connectivity index (χ2n) is 5.90. The summed E-state index contributed by atoms with van der Waals surface area (Å²) in [6, 6.07) is 7.48. The number of imide groups is 1. The van der Waals surface area contributed by atoms with Crippen molar-refractivity contribution >= 4 is 23.5 Å². The van der Waals surface area contributed by atoms with E-state index in [1.807, 2.05) is 13.1 Å². The number of nitrogens with one attached hydrogen (secondary N) is 1. The van der Waals surface area contributed by atoms with Crippen LogP contribution in [0, 0.1) is 0 Å². The summed E-state index contributed by atoms with van der Waals surface area (Å²) in [5.74, 6) is -0.463. The van der Waals surface area contributed by atoms with Crippen LogP contribution in [0.5, 0.6) is 0 Å². The van der Waals surface area contributed by atoms with E-state index in [2.05, 4.69) is 10.2 Å². The summed E-state index contributed by atoms with van der Waals surface area (Å²) >= 11 is 0. The van der Waals surface area contributed by atoms with Gasteiger partial charge in [-0.25, -0.2) is 9.69 Å². The Hall–Kier alpha value is -2.41. The summed E-state index contributed by atoms with van der Waals surface area (Å²) < 4.78 is 0. The lowest BCUT2D eigenvalue weighted by Gasteiger charge is -2.32. The highest BCUT2D eigenvalue weighted by Gasteiger charge is 2.40. The molecule has 2 aliphatic heterocycles. The monoisotopic (exact) mass is 316 g/mol. The second kappa shape index (κ2) is 6.37. The topological polar surface area (TPSA) is 73.0 Å². The smallest absolute Gasteiger partial charge is 0.329 e. The summed E-state index contributed by atoms with van der Waals surface area (Å²) in [7, 11) is 2.01. The van der Waals surface area contributed by atoms with Crippen LogP contribution in [-0.4, -0.2) is 66.9 Å². The number of piperazine rings is 1. The lowest BCUT2D eigenvalue weighted by Crippen LogP contribution is -2.48. The fourth-order valence-electron chi connectivity index (χ4n) is 2.85. The van der Waals surface area contributed by atoms with Crippen molar-refractivity contribution in [3.63, 3.8) is 0 Å². The summed E-state index contributed by atoms with van der Waals surface area (Å²) in [6.45, 7) is 2.97. The number of nitrogens with zero attached hydrogens (tertiary/aromatic N) is 3. The Morgan fingerprint density at radius 1 is 1.13 bits per heavy atom. The first-order chi connectivity index (χ1) is 11.1. The number of hydrogen-bond acceptors (Lipinski definition) is 4. The Morgan fingerprint density at radius 2 is 1.78 bits per heavy atom. The van der Waals surface area contributed by atoms with Crippen LogP contribution in [0.4, 0.5) is 10.5 Å². The Bertz CT molecular complexity index is 611. The molecule has 7 nitrogen and oxygen atoms in total. The van der Waals surface area contributed by atoms with E-state index in [0.717, 1.165) is 18.0 Å². The van der Waals surface area contributed by atoms with Crippen molar-refractivity contribution < 1.29 is 14.4 Å². The molecule has 0 bridgehead atoms. The number of likely N-dealkylation sites (N-methyl/N-ethyl adjacent to an activating group) is 1. The van der Waals surface area contributed by atoms with Crippen LogP contribution in [0.2, 0.25) is 0 Å². The van der Waals surface area contributed by atoms with E-state index in [9.17, 15) is 14.4 Å². The lowest BCUT2D eigenvalue weighted by molar-refractivity contribution is -0.135. The molecule has 4 amide bonds. The van der Waals surface area contributed by atoms with E-state index >= 15 is 0 Å².